The first-order valence-electron chi connectivity index (χ1n) is 2.66. The number of hydrogen-bond donors (Lipinski definition) is 2. The highest BCUT2D eigenvalue weighted by Gasteiger charge is 2.29. The summed E-state index contributed by atoms with van der Waals surface area (Å²) in [4.78, 5) is 23.3. The fourth-order valence-electron chi connectivity index (χ4n) is 0.627. The summed E-state index contributed by atoms with van der Waals surface area (Å²) in [6.45, 7) is 0. The number of aromatic nitrogens is 2. The largest absolute Gasteiger partial charge is 0.464 e. The van der Waals surface area contributed by atoms with Gasteiger partial charge in [-0.1, -0.05) is 0 Å². The van der Waals surface area contributed by atoms with Crippen LogP contribution in [0.1, 0.15) is 0 Å². The van der Waals surface area contributed by atoms with Crippen molar-refractivity contribution < 1.29 is 9.85 Å². The molecule has 0 aliphatic heterocycles. The van der Waals surface area contributed by atoms with Crippen molar-refractivity contribution in [3.63, 3.8) is 0 Å². The molecule has 0 bridgehead atoms. The molecule has 3 N–H and O–H groups in total. The predicted molar refractivity (Wildman–Crippen MR) is 36.3 cm³/mol. The van der Waals surface area contributed by atoms with E-state index in [4.69, 9.17) is 5.73 Å². The van der Waals surface area contributed by atoms with Gasteiger partial charge in [0.05, 0.1) is 0 Å². The summed E-state index contributed by atoms with van der Waals surface area (Å²) in [5.74, 6) is -2.04. The Balaban J connectivity index is 3.26. The molecule has 0 atom stereocenters. The highest BCUT2D eigenvalue weighted by molar-refractivity contribution is 5.46. The monoisotopic (exact) mass is 173 g/mol. The molecule has 64 valence electrons. The molecule has 0 fully saturated rings. The topological polar surface area (TPSA) is 141 Å². The minimum Gasteiger partial charge on any atom is -0.358 e. The van der Waals surface area contributed by atoms with E-state index in [0.29, 0.717) is 0 Å². The Morgan fingerprint density at radius 3 is 2.25 bits per heavy atom. The Hall–Kier alpha value is -2.19. The van der Waals surface area contributed by atoms with E-state index in [9.17, 15) is 20.2 Å². The third-order valence-electron chi connectivity index (χ3n) is 1.04. The van der Waals surface area contributed by atoms with Crippen LogP contribution in [0.4, 0.5) is 17.6 Å². The van der Waals surface area contributed by atoms with Gasteiger partial charge in [-0.15, -0.1) is 0 Å². The van der Waals surface area contributed by atoms with Gasteiger partial charge >= 0.3 is 17.6 Å². The summed E-state index contributed by atoms with van der Waals surface area (Å²) in [5, 5.41) is 20.2. The molecule has 12 heavy (non-hydrogen) atoms. The molecule has 1 aromatic rings. The van der Waals surface area contributed by atoms with E-state index >= 15 is 0 Å². The summed E-state index contributed by atoms with van der Waals surface area (Å²) < 4.78 is 0. The van der Waals surface area contributed by atoms with Crippen LogP contribution < -0.4 is 5.73 Å². The lowest BCUT2D eigenvalue weighted by Gasteiger charge is -1.88. The highest BCUT2D eigenvalue weighted by Crippen LogP contribution is 2.23. The number of nitrogen functional groups attached to an aromatic ring is 1. The number of nitrogens with two attached hydrogens (primary N) is 1. The third kappa shape index (κ3) is 1.14. The number of nitrogens with zero attached hydrogens (tertiary/aromatic N) is 3. The molecular formula is C3H3N5O4. The lowest BCUT2D eigenvalue weighted by Crippen LogP contribution is -1.94. The summed E-state index contributed by atoms with van der Waals surface area (Å²) in [6.07, 6.45) is 0. The first-order chi connectivity index (χ1) is 5.52. The average molecular weight is 173 g/mol. The van der Waals surface area contributed by atoms with Crippen LogP contribution >= 0.6 is 0 Å². The second kappa shape index (κ2) is 2.45. The molecule has 0 radical (unpaired) electrons. The van der Waals surface area contributed by atoms with Gasteiger partial charge in [0.25, 0.3) is 0 Å². The maximum atomic E-state index is 10.1. The lowest BCUT2D eigenvalue weighted by molar-refractivity contribution is -0.427. The second-order valence-corrected chi connectivity index (χ2v) is 1.81. The van der Waals surface area contributed by atoms with Gasteiger partial charge in [0.1, 0.15) is 0 Å². The number of rotatable bonds is 2. The van der Waals surface area contributed by atoms with Crippen LogP contribution in [0.2, 0.25) is 0 Å². The fourth-order valence-corrected chi connectivity index (χ4v) is 0.627. The number of nitro groups is 2. The van der Waals surface area contributed by atoms with Crippen LogP contribution in [-0.2, 0) is 0 Å². The molecule has 0 aliphatic rings. The van der Waals surface area contributed by atoms with Crippen LogP contribution in [0.25, 0.3) is 0 Å². The van der Waals surface area contributed by atoms with Crippen molar-refractivity contribution in [3.05, 3.63) is 20.2 Å². The molecule has 0 unspecified atom stereocenters. The normalized spacial score (nSPS) is 9.67. The minimum atomic E-state index is -0.981. The van der Waals surface area contributed by atoms with Gasteiger partial charge in [0.2, 0.25) is 0 Å². The smallest absolute Gasteiger partial charge is 0.358 e. The number of nitrogens with one attached hydrogen (secondary N) is 1. The van der Waals surface area contributed by atoms with Crippen molar-refractivity contribution in [1.82, 2.24) is 9.97 Å². The Bertz CT molecular complexity index is 311. The molecule has 9 heteroatoms. The highest BCUT2D eigenvalue weighted by atomic mass is 16.6. The van der Waals surface area contributed by atoms with Crippen LogP contribution in [-0.4, -0.2) is 19.8 Å². The Kier molecular flexibility index (Phi) is 1.62. The van der Waals surface area contributed by atoms with E-state index in [1.807, 2.05) is 4.98 Å². The summed E-state index contributed by atoms with van der Waals surface area (Å²) >= 11 is 0. The summed E-state index contributed by atoms with van der Waals surface area (Å²) in [6, 6.07) is 0. The summed E-state index contributed by atoms with van der Waals surface area (Å²) in [5.41, 5.74) is 4.98. The zero-order valence-corrected chi connectivity index (χ0v) is 5.55. The molecule has 0 amide bonds. The van der Waals surface area contributed by atoms with Gasteiger partial charge in [0, 0.05) is 4.98 Å². The van der Waals surface area contributed by atoms with E-state index in [1.54, 1.807) is 0 Å². The maximum absolute atomic E-state index is 10.1. The van der Waals surface area contributed by atoms with Gasteiger partial charge in [0.15, 0.2) is 0 Å². The van der Waals surface area contributed by atoms with Gasteiger partial charge in [-0.3, -0.25) is 0 Å². The number of anilines is 1. The predicted octanol–water partition coefficient (Wildman–Crippen LogP) is -0.192. The van der Waals surface area contributed by atoms with Crippen molar-refractivity contribution in [3.8, 4) is 0 Å². The van der Waals surface area contributed by atoms with Crippen LogP contribution in [0.3, 0.4) is 0 Å². The Morgan fingerprint density at radius 1 is 1.33 bits per heavy atom. The number of imidazole rings is 1. The number of H-pyrrole nitrogens is 1. The zero-order chi connectivity index (χ0) is 9.30. The average Bonchev–Trinajstić information content (AvgIpc) is 2.31. The van der Waals surface area contributed by atoms with Crippen molar-refractivity contribution in [2.75, 3.05) is 5.73 Å². The fraction of sp³-hybridized carbons (Fsp3) is 0. The number of aromatic amines is 1. The van der Waals surface area contributed by atoms with Crippen molar-refractivity contribution in [2.24, 2.45) is 0 Å². The molecular weight excluding hydrogens is 170 g/mol. The molecule has 0 spiro atoms. The SMILES string of the molecule is Nc1nc([N+](=O)[O-])c([N+](=O)[O-])[nH]1. The Morgan fingerprint density at radius 2 is 1.92 bits per heavy atom. The molecule has 1 rings (SSSR count). The van der Waals surface area contributed by atoms with Gasteiger partial charge in [-0.25, -0.2) is 0 Å². The van der Waals surface area contributed by atoms with Crippen molar-refractivity contribution in [1.29, 1.82) is 0 Å². The van der Waals surface area contributed by atoms with Gasteiger partial charge in [-0.2, -0.15) is 4.98 Å². The standard InChI is InChI=1S/C3H3N5O4/c4-3-5-1(7(9)10)2(6-3)8(11)12/h(H3,4,5,6). The summed E-state index contributed by atoms with van der Waals surface area (Å²) in [7, 11) is 0. The Labute approximate surface area is 64.5 Å². The number of hydrogen-bond acceptors (Lipinski definition) is 6. The van der Waals surface area contributed by atoms with Crippen molar-refractivity contribution >= 4 is 17.6 Å². The first kappa shape index (κ1) is 7.91. The third-order valence-corrected chi connectivity index (χ3v) is 1.04. The first-order valence-corrected chi connectivity index (χ1v) is 2.66. The molecule has 9 nitrogen and oxygen atoms in total. The molecule has 1 aromatic heterocycles. The maximum Gasteiger partial charge on any atom is 0.464 e. The van der Waals surface area contributed by atoms with Gasteiger partial charge < -0.3 is 26.0 Å². The van der Waals surface area contributed by atoms with Crippen LogP contribution in [0.15, 0.2) is 0 Å². The van der Waals surface area contributed by atoms with Gasteiger partial charge in [-0.05, 0) is 9.85 Å². The second-order valence-electron chi connectivity index (χ2n) is 1.81. The molecule has 0 aliphatic carbocycles. The molecule has 0 saturated heterocycles. The van der Waals surface area contributed by atoms with E-state index in [0.717, 1.165) is 0 Å². The lowest BCUT2D eigenvalue weighted by atomic mass is 10.7. The van der Waals surface area contributed by atoms with E-state index in [2.05, 4.69) is 4.98 Å². The van der Waals surface area contributed by atoms with Crippen LogP contribution in [0.5, 0.6) is 0 Å². The quantitative estimate of drug-likeness (QED) is 0.468. The van der Waals surface area contributed by atoms with Crippen molar-refractivity contribution in [2.45, 2.75) is 0 Å². The zero-order valence-electron chi connectivity index (χ0n) is 5.55. The minimum absolute atomic E-state index is 0.353. The van der Waals surface area contributed by atoms with E-state index in [1.165, 1.54) is 0 Å². The molecule has 0 aromatic carbocycles. The van der Waals surface area contributed by atoms with E-state index in [-0.39, 0.29) is 5.95 Å². The van der Waals surface area contributed by atoms with E-state index < -0.39 is 21.5 Å². The molecule has 1 heterocycles. The van der Waals surface area contributed by atoms with Crippen LogP contribution in [0, 0.1) is 20.2 Å². The molecule has 0 saturated carbocycles.